The van der Waals surface area contributed by atoms with E-state index in [1.165, 1.54) is 12.1 Å². The summed E-state index contributed by atoms with van der Waals surface area (Å²) in [6.45, 7) is 3.89. The highest BCUT2D eigenvalue weighted by Gasteiger charge is 2.16. The average Bonchev–Trinajstić information content (AvgIpc) is 2.77. The predicted octanol–water partition coefficient (Wildman–Crippen LogP) is 3.91. The number of ether oxygens (including phenoxy) is 1. The summed E-state index contributed by atoms with van der Waals surface area (Å²) in [7, 11) is 0. The number of hydrogen-bond donors (Lipinski definition) is 1. The summed E-state index contributed by atoms with van der Waals surface area (Å²) in [6, 6.07) is 6.04. The van der Waals surface area contributed by atoms with Gasteiger partial charge in [-0.05, 0) is 43.7 Å². The standard InChI is InChI=1S/C15H16BrFN2O2/c1-9(2)19-7-13(18)6-14(19)15(20)21-8-10-3-11(16)5-12(17)4-10/h3-7,9H,8,18H2,1-2H3. The van der Waals surface area contributed by atoms with Crippen LogP contribution in [0.2, 0.25) is 0 Å². The van der Waals surface area contributed by atoms with E-state index in [1.54, 1.807) is 22.9 Å². The highest BCUT2D eigenvalue weighted by Crippen LogP contribution is 2.19. The third-order valence-electron chi connectivity index (χ3n) is 2.93. The molecule has 1 aromatic carbocycles. The molecule has 0 atom stereocenters. The second-order valence-corrected chi connectivity index (χ2v) is 5.93. The normalized spacial score (nSPS) is 10.9. The largest absolute Gasteiger partial charge is 0.456 e. The van der Waals surface area contributed by atoms with Gasteiger partial charge in [-0.2, -0.15) is 0 Å². The van der Waals surface area contributed by atoms with Crippen LogP contribution in [0, 0.1) is 5.82 Å². The van der Waals surface area contributed by atoms with Gasteiger partial charge in [0.1, 0.15) is 18.1 Å². The number of nitrogens with two attached hydrogens (primary N) is 1. The number of esters is 1. The van der Waals surface area contributed by atoms with Crippen molar-refractivity contribution in [1.29, 1.82) is 0 Å². The first-order valence-corrected chi connectivity index (χ1v) is 7.25. The van der Waals surface area contributed by atoms with E-state index in [0.717, 1.165) is 0 Å². The summed E-state index contributed by atoms with van der Waals surface area (Å²) < 4.78 is 20.8. The Balaban J connectivity index is 2.11. The highest BCUT2D eigenvalue weighted by atomic mass is 79.9. The first-order valence-electron chi connectivity index (χ1n) is 6.46. The van der Waals surface area contributed by atoms with Crippen molar-refractivity contribution >= 4 is 27.6 Å². The summed E-state index contributed by atoms with van der Waals surface area (Å²) in [5, 5.41) is 0. The summed E-state index contributed by atoms with van der Waals surface area (Å²) in [5.74, 6) is -0.869. The number of hydrogen-bond acceptors (Lipinski definition) is 3. The molecule has 0 aliphatic carbocycles. The Hall–Kier alpha value is -1.82. The second kappa shape index (κ2) is 6.30. The minimum absolute atomic E-state index is 0.00161. The molecule has 4 nitrogen and oxygen atoms in total. The van der Waals surface area contributed by atoms with Crippen LogP contribution in [-0.2, 0) is 11.3 Å². The first kappa shape index (κ1) is 15.6. The van der Waals surface area contributed by atoms with Crippen molar-refractivity contribution in [2.45, 2.75) is 26.5 Å². The third-order valence-corrected chi connectivity index (χ3v) is 3.39. The number of benzene rings is 1. The van der Waals surface area contributed by atoms with E-state index in [-0.39, 0.29) is 18.5 Å². The lowest BCUT2D eigenvalue weighted by molar-refractivity contribution is 0.0458. The van der Waals surface area contributed by atoms with Crippen LogP contribution in [0.5, 0.6) is 0 Å². The zero-order valence-electron chi connectivity index (χ0n) is 11.8. The molecule has 0 saturated heterocycles. The summed E-state index contributed by atoms with van der Waals surface area (Å²) in [5.41, 5.74) is 7.18. The van der Waals surface area contributed by atoms with E-state index in [0.29, 0.717) is 21.4 Å². The van der Waals surface area contributed by atoms with Crippen LogP contribution in [0.4, 0.5) is 10.1 Å². The predicted molar refractivity (Wildman–Crippen MR) is 82.4 cm³/mol. The molecule has 0 radical (unpaired) electrons. The number of nitrogens with zero attached hydrogens (tertiary/aromatic N) is 1. The van der Waals surface area contributed by atoms with Crippen LogP contribution in [0.3, 0.4) is 0 Å². The van der Waals surface area contributed by atoms with Crippen molar-refractivity contribution in [3.8, 4) is 0 Å². The highest BCUT2D eigenvalue weighted by molar-refractivity contribution is 9.10. The minimum Gasteiger partial charge on any atom is -0.456 e. The zero-order valence-corrected chi connectivity index (χ0v) is 13.4. The number of carbonyl (C=O) groups is 1. The molecule has 0 fully saturated rings. The average molecular weight is 355 g/mol. The molecule has 0 amide bonds. The minimum atomic E-state index is -0.485. The van der Waals surface area contributed by atoms with Gasteiger partial charge in [-0.3, -0.25) is 0 Å². The molecule has 1 heterocycles. The monoisotopic (exact) mass is 354 g/mol. The molecular formula is C15H16BrFN2O2. The molecule has 2 aromatic rings. The van der Waals surface area contributed by atoms with Crippen molar-refractivity contribution in [3.63, 3.8) is 0 Å². The van der Waals surface area contributed by atoms with Gasteiger partial charge in [-0.15, -0.1) is 0 Å². The van der Waals surface area contributed by atoms with Gasteiger partial charge in [0.05, 0.1) is 5.69 Å². The van der Waals surface area contributed by atoms with Crippen molar-refractivity contribution in [1.82, 2.24) is 4.57 Å². The smallest absolute Gasteiger partial charge is 0.355 e. The van der Waals surface area contributed by atoms with Crippen LogP contribution in [-0.4, -0.2) is 10.5 Å². The number of halogens is 2. The molecule has 2 rings (SSSR count). The van der Waals surface area contributed by atoms with Gasteiger partial charge in [0.2, 0.25) is 0 Å². The Kier molecular flexibility index (Phi) is 4.67. The van der Waals surface area contributed by atoms with Crippen molar-refractivity contribution < 1.29 is 13.9 Å². The van der Waals surface area contributed by atoms with Crippen LogP contribution < -0.4 is 5.73 Å². The molecule has 0 bridgehead atoms. The van der Waals surface area contributed by atoms with Gasteiger partial charge >= 0.3 is 5.97 Å². The van der Waals surface area contributed by atoms with Crippen molar-refractivity contribution in [2.24, 2.45) is 0 Å². The van der Waals surface area contributed by atoms with Gasteiger partial charge < -0.3 is 15.0 Å². The second-order valence-electron chi connectivity index (χ2n) is 5.01. The van der Waals surface area contributed by atoms with Crippen LogP contribution in [0.1, 0.15) is 35.9 Å². The maximum Gasteiger partial charge on any atom is 0.355 e. The van der Waals surface area contributed by atoms with Gasteiger partial charge in [0.15, 0.2) is 0 Å². The van der Waals surface area contributed by atoms with Crippen LogP contribution >= 0.6 is 15.9 Å². The van der Waals surface area contributed by atoms with Gasteiger partial charge in [0, 0.05) is 16.7 Å². The van der Waals surface area contributed by atoms with Crippen molar-refractivity contribution in [2.75, 3.05) is 5.73 Å². The molecule has 2 N–H and O–H groups in total. The maximum absolute atomic E-state index is 13.3. The lowest BCUT2D eigenvalue weighted by Crippen LogP contribution is -2.13. The molecule has 0 aliphatic heterocycles. The zero-order chi connectivity index (χ0) is 15.6. The third kappa shape index (κ3) is 3.85. The lowest BCUT2D eigenvalue weighted by Gasteiger charge is -2.12. The van der Waals surface area contributed by atoms with Crippen LogP contribution in [0.25, 0.3) is 0 Å². The Bertz CT molecular complexity index is 647. The number of aromatic nitrogens is 1. The van der Waals surface area contributed by atoms with E-state index < -0.39 is 5.97 Å². The Morgan fingerprint density at radius 3 is 2.71 bits per heavy atom. The van der Waals surface area contributed by atoms with Crippen molar-refractivity contribution in [3.05, 3.63) is 52.0 Å². The van der Waals surface area contributed by atoms with Gasteiger partial charge in [0.25, 0.3) is 0 Å². The fourth-order valence-electron chi connectivity index (χ4n) is 2.01. The van der Waals surface area contributed by atoms with E-state index in [4.69, 9.17) is 10.5 Å². The summed E-state index contributed by atoms with van der Waals surface area (Å²) in [4.78, 5) is 12.1. The molecular weight excluding hydrogens is 339 g/mol. The Labute approximate surface area is 130 Å². The number of carbonyl (C=O) groups excluding carboxylic acids is 1. The molecule has 0 spiro atoms. The summed E-state index contributed by atoms with van der Waals surface area (Å²) in [6.07, 6.45) is 1.69. The maximum atomic E-state index is 13.3. The molecule has 0 saturated carbocycles. The summed E-state index contributed by atoms with van der Waals surface area (Å²) >= 11 is 3.20. The van der Waals surface area contributed by atoms with Crippen LogP contribution in [0.15, 0.2) is 34.9 Å². The van der Waals surface area contributed by atoms with E-state index in [9.17, 15) is 9.18 Å². The fraction of sp³-hybridized carbons (Fsp3) is 0.267. The SMILES string of the molecule is CC(C)n1cc(N)cc1C(=O)OCc1cc(F)cc(Br)c1. The topological polar surface area (TPSA) is 57.2 Å². The molecule has 1 aromatic heterocycles. The fourth-order valence-corrected chi connectivity index (χ4v) is 2.52. The lowest BCUT2D eigenvalue weighted by atomic mass is 10.2. The number of rotatable bonds is 4. The Morgan fingerprint density at radius 2 is 2.10 bits per heavy atom. The van der Waals surface area contributed by atoms with Gasteiger partial charge in [-0.1, -0.05) is 15.9 Å². The molecule has 112 valence electrons. The molecule has 0 aliphatic rings. The molecule has 6 heteroatoms. The molecule has 0 unspecified atom stereocenters. The quantitative estimate of drug-likeness (QED) is 0.846. The first-order chi connectivity index (χ1) is 9.86. The van der Waals surface area contributed by atoms with E-state index in [1.807, 2.05) is 13.8 Å². The number of anilines is 1. The van der Waals surface area contributed by atoms with E-state index >= 15 is 0 Å². The number of nitrogen functional groups attached to an aromatic ring is 1. The molecule has 21 heavy (non-hydrogen) atoms. The van der Waals surface area contributed by atoms with Gasteiger partial charge in [-0.25, -0.2) is 9.18 Å². The Morgan fingerprint density at radius 1 is 1.38 bits per heavy atom. The van der Waals surface area contributed by atoms with E-state index in [2.05, 4.69) is 15.9 Å².